The Morgan fingerprint density at radius 3 is 2.74 bits per heavy atom. The van der Waals surface area contributed by atoms with Crippen molar-refractivity contribution in [2.24, 2.45) is 0 Å². The Morgan fingerprint density at radius 1 is 1.43 bits per heavy atom. The number of carbonyl (C=O) groups is 1. The molecule has 8 heteroatoms. The molecule has 2 aromatic rings. The molecule has 0 saturated carbocycles. The maximum absolute atomic E-state index is 12.1. The molecule has 2 rings (SSSR count). The molecular formula is C15H10ClN3O4. The zero-order valence-corrected chi connectivity index (χ0v) is 12.6. The van der Waals surface area contributed by atoms with Crippen LogP contribution >= 0.6 is 11.6 Å². The van der Waals surface area contributed by atoms with Crippen molar-refractivity contribution in [1.82, 2.24) is 0 Å². The smallest absolute Gasteiger partial charge is 0.294 e. The van der Waals surface area contributed by atoms with E-state index in [-0.39, 0.29) is 22.0 Å². The van der Waals surface area contributed by atoms with Crippen LogP contribution in [-0.2, 0) is 4.79 Å². The second-order valence-electron chi connectivity index (χ2n) is 4.49. The fraction of sp³-hybridized carbons (Fsp3) is 0.0667. The number of benzene rings is 1. The van der Waals surface area contributed by atoms with Gasteiger partial charge in [0.05, 0.1) is 4.92 Å². The fourth-order valence-corrected chi connectivity index (χ4v) is 1.94. The number of rotatable bonds is 4. The molecule has 23 heavy (non-hydrogen) atoms. The Bertz CT molecular complexity index is 849. The molecule has 1 amide bonds. The first-order chi connectivity index (χ1) is 10.9. The zero-order valence-electron chi connectivity index (χ0n) is 11.9. The lowest BCUT2D eigenvalue weighted by molar-refractivity contribution is -0.383. The second kappa shape index (κ2) is 6.77. The van der Waals surface area contributed by atoms with E-state index in [4.69, 9.17) is 21.3 Å². The van der Waals surface area contributed by atoms with Crippen LogP contribution in [0.2, 0.25) is 5.02 Å². The van der Waals surface area contributed by atoms with E-state index < -0.39 is 10.8 Å². The van der Waals surface area contributed by atoms with Crippen LogP contribution in [0, 0.1) is 28.4 Å². The Labute approximate surface area is 135 Å². The quantitative estimate of drug-likeness (QED) is 0.397. The fourth-order valence-electron chi connectivity index (χ4n) is 1.77. The van der Waals surface area contributed by atoms with Gasteiger partial charge in [-0.05, 0) is 31.2 Å². The minimum atomic E-state index is -0.785. The van der Waals surface area contributed by atoms with Crippen molar-refractivity contribution in [3.8, 4) is 6.07 Å². The van der Waals surface area contributed by atoms with Crippen LogP contribution in [0.3, 0.4) is 0 Å². The Hall–Kier alpha value is -3.11. The van der Waals surface area contributed by atoms with Crippen LogP contribution in [0.5, 0.6) is 0 Å². The highest BCUT2D eigenvalue weighted by Crippen LogP contribution is 2.28. The predicted molar refractivity (Wildman–Crippen MR) is 83.8 cm³/mol. The largest absolute Gasteiger partial charge is 0.462 e. The molecule has 0 radical (unpaired) electrons. The minimum absolute atomic E-state index is 0.0545. The van der Waals surface area contributed by atoms with Gasteiger partial charge in [0.25, 0.3) is 11.6 Å². The summed E-state index contributed by atoms with van der Waals surface area (Å²) in [5.41, 5.74) is -0.665. The van der Waals surface area contributed by atoms with Gasteiger partial charge < -0.3 is 9.73 Å². The van der Waals surface area contributed by atoms with Crippen LogP contribution in [-0.4, -0.2) is 10.8 Å². The van der Waals surface area contributed by atoms with Gasteiger partial charge in [-0.3, -0.25) is 14.9 Å². The number of amides is 1. The molecule has 7 nitrogen and oxygen atoms in total. The lowest BCUT2D eigenvalue weighted by Gasteiger charge is -2.05. The number of carbonyl (C=O) groups excluding carboxylic acids is 1. The van der Waals surface area contributed by atoms with E-state index in [1.807, 2.05) is 0 Å². The standard InChI is InChI=1S/C15H10ClN3O4/c1-9-2-4-12(23-9)6-10(8-17)15(20)18-13-5-3-11(16)7-14(13)19(21)22/h2-7H,1H3,(H,18,20). The SMILES string of the molecule is Cc1ccc(C=C(C#N)C(=O)Nc2ccc(Cl)cc2[N+](=O)[O-])o1. The maximum atomic E-state index is 12.1. The number of furan rings is 1. The number of halogens is 1. The van der Waals surface area contributed by atoms with Crippen molar-refractivity contribution < 1.29 is 14.1 Å². The Kier molecular flexibility index (Phi) is 4.79. The molecule has 0 aliphatic carbocycles. The number of aryl methyl sites for hydroxylation is 1. The summed E-state index contributed by atoms with van der Waals surface area (Å²) >= 11 is 5.70. The van der Waals surface area contributed by atoms with Crippen molar-refractivity contribution in [2.75, 3.05) is 5.32 Å². The molecule has 0 saturated heterocycles. The summed E-state index contributed by atoms with van der Waals surface area (Å²) in [4.78, 5) is 22.4. The van der Waals surface area contributed by atoms with Crippen molar-refractivity contribution in [3.05, 3.63) is 62.6 Å². The highest BCUT2D eigenvalue weighted by Gasteiger charge is 2.18. The average molecular weight is 332 g/mol. The summed E-state index contributed by atoms with van der Waals surface area (Å²) in [7, 11) is 0. The lowest BCUT2D eigenvalue weighted by Crippen LogP contribution is -2.14. The van der Waals surface area contributed by atoms with E-state index in [0.29, 0.717) is 11.5 Å². The first-order valence-electron chi connectivity index (χ1n) is 6.34. The molecule has 0 bridgehead atoms. The number of nitriles is 1. The van der Waals surface area contributed by atoms with Gasteiger partial charge in [-0.15, -0.1) is 0 Å². The van der Waals surface area contributed by atoms with E-state index in [9.17, 15) is 14.9 Å². The normalized spacial score (nSPS) is 10.9. The Morgan fingerprint density at radius 2 is 2.17 bits per heavy atom. The molecule has 1 aromatic heterocycles. The van der Waals surface area contributed by atoms with Gasteiger partial charge in [0, 0.05) is 17.2 Å². The summed E-state index contributed by atoms with van der Waals surface area (Å²) in [6.45, 7) is 1.72. The highest BCUT2D eigenvalue weighted by molar-refractivity contribution is 6.31. The molecule has 1 heterocycles. The molecule has 0 aliphatic heterocycles. The number of anilines is 1. The zero-order chi connectivity index (χ0) is 17.0. The van der Waals surface area contributed by atoms with Crippen LogP contribution < -0.4 is 5.32 Å². The third-order valence-electron chi connectivity index (χ3n) is 2.82. The van der Waals surface area contributed by atoms with E-state index in [2.05, 4.69) is 5.32 Å². The summed E-state index contributed by atoms with van der Waals surface area (Å²) in [5, 5.41) is 22.6. The number of hydrogen-bond acceptors (Lipinski definition) is 5. The molecular weight excluding hydrogens is 322 g/mol. The third kappa shape index (κ3) is 3.96. The van der Waals surface area contributed by atoms with Crippen molar-refractivity contribution in [3.63, 3.8) is 0 Å². The Balaban J connectivity index is 2.29. The monoisotopic (exact) mass is 331 g/mol. The van der Waals surface area contributed by atoms with Gasteiger partial charge in [0.1, 0.15) is 28.9 Å². The van der Waals surface area contributed by atoms with Gasteiger partial charge in [0.15, 0.2) is 0 Å². The van der Waals surface area contributed by atoms with Gasteiger partial charge in [-0.25, -0.2) is 0 Å². The number of nitro groups is 1. The summed E-state index contributed by atoms with van der Waals surface area (Å²) < 4.78 is 5.26. The van der Waals surface area contributed by atoms with E-state index >= 15 is 0 Å². The van der Waals surface area contributed by atoms with Crippen molar-refractivity contribution >= 4 is 35.0 Å². The molecule has 1 aromatic carbocycles. The summed E-state index contributed by atoms with van der Waals surface area (Å²) in [5.74, 6) is 0.175. The predicted octanol–water partition coefficient (Wildman–Crippen LogP) is 3.70. The lowest BCUT2D eigenvalue weighted by atomic mass is 10.2. The molecule has 1 N–H and O–H groups in total. The van der Waals surface area contributed by atoms with Crippen LogP contribution in [0.4, 0.5) is 11.4 Å². The van der Waals surface area contributed by atoms with Crippen molar-refractivity contribution in [2.45, 2.75) is 6.92 Å². The second-order valence-corrected chi connectivity index (χ2v) is 4.93. The number of nitro benzene ring substituents is 1. The first-order valence-corrected chi connectivity index (χ1v) is 6.72. The average Bonchev–Trinajstić information content (AvgIpc) is 2.91. The van der Waals surface area contributed by atoms with Gasteiger partial charge >= 0.3 is 0 Å². The van der Waals surface area contributed by atoms with Crippen molar-refractivity contribution in [1.29, 1.82) is 5.26 Å². The van der Waals surface area contributed by atoms with Crippen LogP contribution in [0.25, 0.3) is 6.08 Å². The summed E-state index contributed by atoms with van der Waals surface area (Å²) in [6, 6.07) is 8.83. The minimum Gasteiger partial charge on any atom is -0.462 e. The highest BCUT2D eigenvalue weighted by atomic mass is 35.5. The number of hydrogen-bond donors (Lipinski definition) is 1. The molecule has 0 spiro atoms. The van der Waals surface area contributed by atoms with Gasteiger partial charge in [-0.2, -0.15) is 5.26 Å². The molecule has 116 valence electrons. The molecule has 0 aliphatic rings. The first kappa shape index (κ1) is 16.3. The van der Waals surface area contributed by atoms with Gasteiger partial charge in [0.2, 0.25) is 0 Å². The van der Waals surface area contributed by atoms with E-state index in [1.165, 1.54) is 18.2 Å². The van der Waals surface area contributed by atoms with E-state index in [1.54, 1.807) is 25.1 Å². The topological polar surface area (TPSA) is 109 Å². The van der Waals surface area contributed by atoms with Gasteiger partial charge in [-0.1, -0.05) is 11.6 Å². The molecule has 0 unspecified atom stereocenters. The summed E-state index contributed by atoms with van der Waals surface area (Å²) in [6.07, 6.45) is 1.25. The van der Waals surface area contributed by atoms with Crippen LogP contribution in [0.1, 0.15) is 11.5 Å². The number of nitrogens with one attached hydrogen (secondary N) is 1. The third-order valence-corrected chi connectivity index (χ3v) is 3.05. The maximum Gasteiger partial charge on any atom is 0.294 e. The molecule has 0 fully saturated rings. The number of nitrogens with zero attached hydrogens (tertiary/aromatic N) is 2. The van der Waals surface area contributed by atoms with E-state index in [0.717, 1.165) is 6.07 Å². The van der Waals surface area contributed by atoms with Crippen LogP contribution in [0.15, 0.2) is 40.3 Å². The molecule has 0 atom stereocenters.